The van der Waals surface area contributed by atoms with E-state index >= 15 is 0 Å². The smallest absolute Gasteiger partial charge is 0.187 e. The van der Waals surface area contributed by atoms with E-state index in [2.05, 4.69) is 6.08 Å². The fourth-order valence-corrected chi connectivity index (χ4v) is 2.34. The van der Waals surface area contributed by atoms with E-state index < -0.39 is 0 Å². The van der Waals surface area contributed by atoms with Crippen LogP contribution >= 0.6 is 0 Å². The molecule has 1 aliphatic heterocycles. The lowest BCUT2D eigenvalue weighted by atomic mass is 9.93. The lowest BCUT2D eigenvalue weighted by molar-refractivity contribution is -0.126. The molecule has 2 aliphatic rings. The Labute approximate surface area is 90.7 Å². The summed E-state index contributed by atoms with van der Waals surface area (Å²) < 4.78 is 5.61. The average molecular weight is 209 g/mol. The molecule has 2 unspecified atom stereocenters. The number of carbonyl (C=O) groups excluding carboxylic acids is 1. The first-order valence-corrected chi connectivity index (χ1v) is 5.90. The number of ether oxygens (including phenoxy) is 1. The molecule has 1 heterocycles. The molecular weight excluding hydrogens is 190 g/mol. The quantitative estimate of drug-likeness (QED) is 0.767. The summed E-state index contributed by atoms with van der Waals surface area (Å²) in [5.74, 6) is 0.214. The molecule has 0 aromatic carbocycles. The lowest BCUT2D eigenvalue weighted by Gasteiger charge is -2.16. The van der Waals surface area contributed by atoms with Crippen LogP contribution in [-0.2, 0) is 9.53 Å². The first-order valence-electron chi connectivity index (χ1n) is 5.90. The SMILES string of the molecule is NCC1CCC(C(=O)C2=CCCCC2)O1. The molecule has 3 heteroatoms. The molecule has 0 bridgehead atoms. The number of ketones is 1. The van der Waals surface area contributed by atoms with Gasteiger partial charge < -0.3 is 10.5 Å². The summed E-state index contributed by atoms with van der Waals surface area (Å²) in [5.41, 5.74) is 6.51. The van der Waals surface area contributed by atoms with Gasteiger partial charge in [-0.2, -0.15) is 0 Å². The minimum Gasteiger partial charge on any atom is -0.366 e. The Morgan fingerprint density at radius 1 is 1.47 bits per heavy atom. The molecule has 1 fully saturated rings. The minimum absolute atomic E-state index is 0.100. The molecule has 0 aromatic rings. The molecule has 0 saturated carbocycles. The van der Waals surface area contributed by atoms with Gasteiger partial charge in [-0.1, -0.05) is 6.08 Å². The number of rotatable bonds is 3. The Kier molecular flexibility index (Phi) is 3.54. The maximum atomic E-state index is 12.0. The van der Waals surface area contributed by atoms with E-state index in [1.165, 1.54) is 6.42 Å². The molecule has 2 N–H and O–H groups in total. The highest BCUT2D eigenvalue weighted by atomic mass is 16.5. The maximum absolute atomic E-state index is 12.0. The zero-order valence-corrected chi connectivity index (χ0v) is 9.08. The van der Waals surface area contributed by atoms with Gasteiger partial charge in [0.25, 0.3) is 0 Å². The Morgan fingerprint density at radius 3 is 2.93 bits per heavy atom. The number of carbonyl (C=O) groups is 1. The van der Waals surface area contributed by atoms with E-state index in [9.17, 15) is 4.79 Å². The van der Waals surface area contributed by atoms with Crippen LogP contribution in [-0.4, -0.2) is 24.5 Å². The van der Waals surface area contributed by atoms with Crippen molar-refractivity contribution in [3.05, 3.63) is 11.6 Å². The van der Waals surface area contributed by atoms with Gasteiger partial charge in [0.05, 0.1) is 6.10 Å². The highest BCUT2D eigenvalue weighted by Gasteiger charge is 2.31. The Bertz CT molecular complexity index is 273. The van der Waals surface area contributed by atoms with E-state index in [1.807, 2.05) is 0 Å². The number of allylic oxidation sites excluding steroid dienone is 1. The van der Waals surface area contributed by atoms with Crippen LogP contribution in [0.5, 0.6) is 0 Å². The Balaban J connectivity index is 1.93. The van der Waals surface area contributed by atoms with E-state index in [1.54, 1.807) is 0 Å². The average Bonchev–Trinajstić information content (AvgIpc) is 2.78. The molecule has 0 amide bonds. The van der Waals surface area contributed by atoms with Crippen LogP contribution < -0.4 is 5.73 Å². The van der Waals surface area contributed by atoms with Crippen molar-refractivity contribution in [3.8, 4) is 0 Å². The van der Waals surface area contributed by atoms with Crippen LogP contribution in [0.2, 0.25) is 0 Å². The summed E-state index contributed by atoms with van der Waals surface area (Å²) in [6.07, 6.45) is 8.10. The lowest BCUT2D eigenvalue weighted by Crippen LogP contribution is -2.26. The molecule has 0 spiro atoms. The summed E-state index contributed by atoms with van der Waals surface area (Å²) in [7, 11) is 0. The predicted molar refractivity (Wildman–Crippen MR) is 58.5 cm³/mol. The second-order valence-electron chi connectivity index (χ2n) is 4.40. The summed E-state index contributed by atoms with van der Waals surface area (Å²) in [5, 5.41) is 0. The summed E-state index contributed by atoms with van der Waals surface area (Å²) in [6, 6.07) is 0. The van der Waals surface area contributed by atoms with Crippen molar-refractivity contribution < 1.29 is 9.53 Å². The molecule has 1 aliphatic carbocycles. The van der Waals surface area contributed by atoms with Crippen LogP contribution in [0.15, 0.2) is 11.6 Å². The fraction of sp³-hybridized carbons (Fsp3) is 0.750. The molecule has 2 atom stereocenters. The summed E-state index contributed by atoms with van der Waals surface area (Å²) in [6.45, 7) is 0.531. The van der Waals surface area contributed by atoms with Crippen LogP contribution in [0.4, 0.5) is 0 Å². The third-order valence-corrected chi connectivity index (χ3v) is 3.27. The number of Topliss-reactive ketones (excluding diaryl/α,β-unsaturated/α-hetero) is 1. The van der Waals surface area contributed by atoms with E-state index in [-0.39, 0.29) is 18.0 Å². The largest absolute Gasteiger partial charge is 0.366 e. The molecule has 0 radical (unpaired) electrons. The van der Waals surface area contributed by atoms with Crippen LogP contribution in [0.1, 0.15) is 38.5 Å². The van der Waals surface area contributed by atoms with Crippen molar-refractivity contribution in [1.82, 2.24) is 0 Å². The van der Waals surface area contributed by atoms with Gasteiger partial charge in [-0.15, -0.1) is 0 Å². The van der Waals surface area contributed by atoms with E-state index in [0.717, 1.165) is 37.7 Å². The van der Waals surface area contributed by atoms with Gasteiger partial charge in [0.1, 0.15) is 6.10 Å². The van der Waals surface area contributed by atoms with Crippen molar-refractivity contribution >= 4 is 5.78 Å². The van der Waals surface area contributed by atoms with Crippen LogP contribution in [0.25, 0.3) is 0 Å². The Hall–Kier alpha value is -0.670. The van der Waals surface area contributed by atoms with Gasteiger partial charge in [0.2, 0.25) is 0 Å². The van der Waals surface area contributed by atoms with Crippen LogP contribution in [0, 0.1) is 0 Å². The van der Waals surface area contributed by atoms with Gasteiger partial charge in [0, 0.05) is 6.54 Å². The number of nitrogens with two attached hydrogens (primary N) is 1. The maximum Gasteiger partial charge on any atom is 0.187 e. The second-order valence-corrected chi connectivity index (χ2v) is 4.40. The normalized spacial score (nSPS) is 31.4. The van der Waals surface area contributed by atoms with Gasteiger partial charge >= 0.3 is 0 Å². The van der Waals surface area contributed by atoms with Crippen molar-refractivity contribution in [1.29, 1.82) is 0 Å². The zero-order valence-electron chi connectivity index (χ0n) is 9.08. The zero-order chi connectivity index (χ0) is 10.7. The number of hydrogen-bond donors (Lipinski definition) is 1. The summed E-state index contributed by atoms with van der Waals surface area (Å²) >= 11 is 0. The molecule has 2 rings (SSSR count). The second kappa shape index (κ2) is 4.90. The van der Waals surface area contributed by atoms with Gasteiger partial charge in [0.15, 0.2) is 5.78 Å². The van der Waals surface area contributed by atoms with Crippen LogP contribution in [0.3, 0.4) is 0 Å². The van der Waals surface area contributed by atoms with Gasteiger partial charge in [-0.25, -0.2) is 0 Å². The third kappa shape index (κ3) is 2.47. The van der Waals surface area contributed by atoms with Crippen molar-refractivity contribution in [2.45, 2.75) is 50.7 Å². The fourth-order valence-electron chi connectivity index (χ4n) is 2.34. The monoisotopic (exact) mass is 209 g/mol. The minimum atomic E-state index is -0.206. The molecule has 3 nitrogen and oxygen atoms in total. The van der Waals surface area contributed by atoms with E-state index in [4.69, 9.17) is 10.5 Å². The molecule has 15 heavy (non-hydrogen) atoms. The number of hydrogen-bond acceptors (Lipinski definition) is 3. The topological polar surface area (TPSA) is 52.3 Å². The van der Waals surface area contributed by atoms with Crippen molar-refractivity contribution in [2.75, 3.05) is 6.54 Å². The van der Waals surface area contributed by atoms with Crippen molar-refractivity contribution in [2.24, 2.45) is 5.73 Å². The molecular formula is C12H19NO2. The van der Waals surface area contributed by atoms with E-state index in [0.29, 0.717) is 6.54 Å². The standard InChI is InChI=1S/C12H19NO2/c13-8-10-6-7-11(15-10)12(14)9-4-2-1-3-5-9/h4,10-11H,1-3,5-8,13H2. The first kappa shape index (κ1) is 10.8. The molecule has 1 saturated heterocycles. The molecule has 0 aromatic heterocycles. The highest BCUT2D eigenvalue weighted by Crippen LogP contribution is 2.26. The third-order valence-electron chi connectivity index (χ3n) is 3.27. The summed E-state index contributed by atoms with van der Waals surface area (Å²) in [4.78, 5) is 12.0. The first-order chi connectivity index (χ1) is 7.31. The van der Waals surface area contributed by atoms with Gasteiger partial charge in [-0.05, 0) is 44.1 Å². The Morgan fingerprint density at radius 2 is 2.33 bits per heavy atom. The van der Waals surface area contributed by atoms with Crippen molar-refractivity contribution in [3.63, 3.8) is 0 Å². The molecule has 84 valence electrons. The van der Waals surface area contributed by atoms with Gasteiger partial charge in [-0.3, -0.25) is 4.79 Å². The predicted octanol–water partition coefficient (Wildman–Crippen LogP) is 1.56. The highest BCUT2D eigenvalue weighted by molar-refractivity contribution is 5.99.